The van der Waals surface area contributed by atoms with Gasteiger partial charge in [0.1, 0.15) is 11.6 Å². The summed E-state index contributed by atoms with van der Waals surface area (Å²) in [6, 6.07) is 3.32. The van der Waals surface area contributed by atoms with Crippen molar-refractivity contribution < 1.29 is 13.6 Å². The first-order valence-corrected chi connectivity index (χ1v) is 7.33. The number of hydrogen-bond acceptors (Lipinski definition) is 2. The van der Waals surface area contributed by atoms with Crippen molar-refractivity contribution in [2.75, 3.05) is 19.6 Å². The Hall–Kier alpha value is -1.69. The van der Waals surface area contributed by atoms with Gasteiger partial charge in [-0.3, -0.25) is 4.90 Å². The highest BCUT2D eigenvalue weighted by atomic mass is 19.1. The number of carbonyl (C=O) groups is 1. The van der Waals surface area contributed by atoms with Crippen LogP contribution in [0.15, 0.2) is 18.2 Å². The van der Waals surface area contributed by atoms with Gasteiger partial charge in [-0.25, -0.2) is 13.6 Å². The number of nitrogens with zero attached hydrogens (tertiary/aromatic N) is 2. The number of nitrogens with one attached hydrogen (secondary N) is 1. The molecule has 2 fully saturated rings. The molecule has 2 amide bonds. The lowest BCUT2D eigenvalue weighted by atomic mass is 10.0. The van der Waals surface area contributed by atoms with Crippen molar-refractivity contribution in [2.45, 2.75) is 32.0 Å². The lowest BCUT2D eigenvalue weighted by Gasteiger charge is -2.36. The largest absolute Gasteiger partial charge is 0.336 e. The quantitative estimate of drug-likeness (QED) is 0.930. The number of rotatable bonds is 3. The van der Waals surface area contributed by atoms with Crippen LogP contribution in [-0.4, -0.2) is 41.6 Å². The molecule has 2 aliphatic heterocycles. The van der Waals surface area contributed by atoms with Crippen molar-refractivity contribution in [1.29, 1.82) is 0 Å². The summed E-state index contributed by atoms with van der Waals surface area (Å²) in [5, 5.41) is 2.78. The minimum atomic E-state index is -0.426. The zero-order valence-corrected chi connectivity index (χ0v) is 12.0. The molecule has 3 rings (SSSR count). The molecule has 0 saturated carbocycles. The van der Waals surface area contributed by atoms with E-state index in [1.54, 1.807) is 4.90 Å². The van der Waals surface area contributed by atoms with Gasteiger partial charge in [-0.1, -0.05) is 0 Å². The molecule has 0 bridgehead atoms. The molecule has 0 aliphatic carbocycles. The Kier molecular flexibility index (Phi) is 3.80. The van der Waals surface area contributed by atoms with Crippen molar-refractivity contribution in [3.63, 3.8) is 0 Å². The van der Waals surface area contributed by atoms with Gasteiger partial charge in [0.2, 0.25) is 0 Å². The maximum absolute atomic E-state index is 14.0. The average molecular weight is 295 g/mol. The minimum absolute atomic E-state index is 0.0899. The van der Waals surface area contributed by atoms with Crippen molar-refractivity contribution in [3.05, 3.63) is 35.4 Å². The summed E-state index contributed by atoms with van der Waals surface area (Å²) < 4.78 is 27.5. The highest BCUT2D eigenvalue weighted by Gasteiger charge is 2.36. The Balaban J connectivity index is 1.85. The second-order valence-electron chi connectivity index (χ2n) is 5.62. The van der Waals surface area contributed by atoms with Crippen LogP contribution in [0.25, 0.3) is 0 Å². The third-order valence-electron chi connectivity index (χ3n) is 4.43. The lowest BCUT2D eigenvalue weighted by molar-refractivity contribution is 0.0799. The predicted octanol–water partition coefficient (Wildman–Crippen LogP) is 2.47. The van der Waals surface area contributed by atoms with E-state index in [4.69, 9.17) is 0 Å². The zero-order valence-electron chi connectivity index (χ0n) is 12.0. The molecule has 1 aromatic rings. The molecule has 2 heterocycles. The Morgan fingerprint density at radius 1 is 1.33 bits per heavy atom. The Bertz CT molecular complexity index is 552. The van der Waals surface area contributed by atoms with E-state index in [1.807, 2.05) is 6.92 Å². The Morgan fingerprint density at radius 3 is 2.86 bits per heavy atom. The molecule has 21 heavy (non-hydrogen) atoms. The van der Waals surface area contributed by atoms with Gasteiger partial charge < -0.3 is 10.2 Å². The Morgan fingerprint density at radius 2 is 2.14 bits per heavy atom. The number of likely N-dealkylation sites (tertiary alicyclic amines) is 1. The highest BCUT2D eigenvalue weighted by molar-refractivity contribution is 5.76. The monoisotopic (exact) mass is 295 g/mol. The first-order valence-electron chi connectivity index (χ1n) is 7.33. The predicted molar refractivity (Wildman–Crippen MR) is 74.6 cm³/mol. The molecule has 2 atom stereocenters. The normalized spacial score (nSPS) is 24.4. The summed E-state index contributed by atoms with van der Waals surface area (Å²) >= 11 is 0. The van der Waals surface area contributed by atoms with Gasteiger partial charge in [0.05, 0.1) is 6.17 Å². The molecular formula is C15H19F2N3O. The van der Waals surface area contributed by atoms with Crippen LogP contribution in [0.3, 0.4) is 0 Å². The van der Waals surface area contributed by atoms with Crippen LogP contribution in [0.2, 0.25) is 0 Å². The van der Waals surface area contributed by atoms with E-state index >= 15 is 0 Å². The molecule has 0 aromatic heterocycles. The van der Waals surface area contributed by atoms with Gasteiger partial charge in [-0.15, -0.1) is 0 Å². The second kappa shape index (κ2) is 5.60. The summed E-state index contributed by atoms with van der Waals surface area (Å²) in [6.07, 6.45) is 1.57. The third kappa shape index (κ3) is 2.60. The van der Waals surface area contributed by atoms with Gasteiger partial charge in [-0.2, -0.15) is 0 Å². The van der Waals surface area contributed by atoms with Gasteiger partial charge in [0.25, 0.3) is 0 Å². The lowest BCUT2D eigenvalue weighted by Crippen LogP contribution is -2.47. The molecule has 1 N–H and O–H groups in total. The fourth-order valence-electron chi connectivity index (χ4n) is 3.36. The standard InChI is InChI=1S/C15H19F2N3O/c1-10(20-8-6-18-15(20)21)19-7-2-3-14(19)12-9-11(16)4-5-13(12)17/h4-5,9-10,14H,2-3,6-8H2,1H3,(H,18,21)/t10?,14-/m1/s1. The first-order chi connectivity index (χ1) is 10.1. The number of amides is 2. The molecular weight excluding hydrogens is 276 g/mol. The van der Waals surface area contributed by atoms with Gasteiger partial charge in [0, 0.05) is 31.2 Å². The van der Waals surface area contributed by atoms with Crippen LogP contribution in [-0.2, 0) is 0 Å². The van der Waals surface area contributed by atoms with E-state index in [0.29, 0.717) is 18.7 Å². The molecule has 0 radical (unpaired) electrons. The SMILES string of the molecule is CC(N1CCNC1=O)N1CCC[C@@H]1c1cc(F)ccc1F. The van der Waals surface area contributed by atoms with E-state index in [9.17, 15) is 13.6 Å². The third-order valence-corrected chi connectivity index (χ3v) is 4.43. The molecule has 0 spiro atoms. The van der Waals surface area contributed by atoms with Crippen LogP contribution >= 0.6 is 0 Å². The number of hydrogen-bond donors (Lipinski definition) is 1. The number of halogens is 2. The van der Waals surface area contributed by atoms with Crippen LogP contribution in [0.5, 0.6) is 0 Å². The smallest absolute Gasteiger partial charge is 0.318 e. The zero-order chi connectivity index (χ0) is 15.0. The fourth-order valence-corrected chi connectivity index (χ4v) is 3.36. The van der Waals surface area contributed by atoms with Crippen molar-refractivity contribution in [3.8, 4) is 0 Å². The highest BCUT2D eigenvalue weighted by Crippen LogP contribution is 2.36. The van der Waals surface area contributed by atoms with Gasteiger partial charge in [0.15, 0.2) is 0 Å². The molecule has 114 valence electrons. The van der Waals surface area contributed by atoms with E-state index in [-0.39, 0.29) is 24.1 Å². The maximum atomic E-state index is 14.0. The molecule has 4 nitrogen and oxygen atoms in total. The van der Waals surface area contributed by atoms with E-state index < -0.39 is 5.82 Å². The molecule has 2 aliphatic rings. The summed E-state index contributed by atoms with van der Waals surface area (Å²) in [5.74, 6) is -0.809. The van der Waals surface area contributed by atoms with Crippen LogP contribution < -0.4 is 5.32 Å². The first kappa shape index (κ1) is 14.3. The van der Waals surface area contributed by atoms with Crippen molar-refractivity contribution in [2.24, 2.45) is 0 Å². The van der Waals surface area contributed by atoms with Crippen molar-refractivity contribution >= 4 is 6.03 Å². The van der Waals surface area contributed by atoms with Crippen LogP contribution in [0, 0.1) is 11.6 Å². The van der Waals surface area contributed by atoms with Gasteiger partial charge >= 0.3 is 6.03 Å². The summed E-state index contributed by atoms with van der Waals surface area (Å²) in [6.45, 7) is 4.01. The maximum Gasteiger partial charge on any atom is 0.318 e. The number of carbonyl (C=O) groups excluding carboxylic acids is 1. The average Bonchev–Trinajstić information content (AvgIpc) is 3.09. The fraction of sp³-hybridized carbons (Fsp3) is 0.533. The summed E-state index contributed by atoms with van der Waals surface area (Å²) in [4.78, 5) is 15.6. The molecule has 1 aromatic carbocycles. The summed E-state index contributed by atoms with van der Waals surface area (Å²) in [5.41, 5.74) is 0.388. The van der Waals surface area contributed by atoms with Crippen molar-refractivity contribution in [1.82, 2.24) is 15.1 Å². The molecule has 1 unspecified atom stereocenters. The summed E-state index contributed by atoms with van der Waals surface area (Å²) in [7, 11) is 0. The van der Waals surface area contributed by atoms with Gasteiger partial charge in [-0.05, 0) is 38.0 Å². The Labute approximate surface area is 122 Å². The molecule has 2 saturated heterocycles. The topological polar surface area (TPSA) is 35.6 Å². The minimum Gasteiger partial charge on any atom is -0.336 e. The number of urea groups is 1. The number of benzene rings is 1. The van der Waals surface area contributed by atoms with Crippen LogP contribution in [0.1, 0.15) is 31.4 Å². The van der Waals surface area contributed by atoms with E-state index in [2.05, 4.69) is 10.2 Å². The second-order valence-corrected chi connectivity index (χ2v) is 5.62. The van der Waals surface area contributed by atoms with Crippen LogP contribution in [0.4, 0.5) is 13.6 Å². The van der Waals surface area contributed by atoms with E-state index in [0.717, 1.165) is 25.5 Å². The van der Waals surface area contributed by atoms with E-state index in [1.165, 1.54) is 12.1 Å². The molecule has 6 heteroatoms.